The second kappa shape index (κ2) is 4.87. The number of aromatic amines is 1. The van der Waals surface area contributed by atoms with E-state index in [0.29, 0.717) is 6.42 Å². The van der Waals surface area contributed by atoms with Gasteiger partial charge in [0.2, 0.25) is 5.91 Å². The second-order valence-electron chi connectivity index (χ2n) is 4.19. The highest BCUT2D eigenvalue weighted by Gasteiger charge is 2.06. The predicted octanol–water partition coefficient (Wildman–Crippen LogP) is 2.81. The van der Waals surface area contributed by atoms with E-state index in [1.54, 1.807) is 0 Å². The molecule has 17 heavy (non-hydrogen) atoms. The van der Waals surface area contributed by atoms with E-state index in [1.807, 2.05) is 50.5 Å². The fourth-order valence-corrected chi connectivity index (χ4v) is 1.73. The highest BCUT2D eigenvalue weighted by molar-refractivity contribution is 5.93. The standard InChI is InChI=1S/C14H16N2O/c1-10-4-3-5-13(11(10)2)16-14(17)8-12-6-7-15-9-12/h3-7,9,15H,8H2,1-2H3,(H,16,17). The predicted molar refractivity (Wildman–Crippen MR) is 69.0 cm³/mol. The van der Waals surface area contributed by atoms with Crippen molar-refractivity contribution in [2.45, 2.75) is 20.3 Å². The minimum Gasteiger partial charge on any atom is -0.367 e. The van der Waals surface area contributed by atoms with E-state index in [1.165, 1.54) is 5.56 Å². The first-order valence-corrected chi connectivity index (χ1v) is 5.64. The molecule has 2 aromatic rings. The number of nitrogens with one attached hydrogen (secondary N) is 2. The molecule has 0 aliphatic carbocycles. The molecule has 0 spiro atoms. The lowest BCUT2D eigenvalue weighted by molar-refractivity contribution is -0.115. The quantitative estimate of drug-likeness (QED) is 0.833. The number of aromatic nitrogens is 1. The summed E-state index contributed by atoms with van der Waals surface area (Å²) in [7, 11) is 0. The molecule has 88 valence electrons. The van der Waals surface area contributed by atoms with Gasteiger partial charge in [0.25, 0.3) is 0 Å². The number of amides is 1. The van der Waals surface area contributed by atoms with Crippen LogP contribution in [0.3, 0.4) is 0 Å². The van der Waals surface area contributed by atoms with Crippen LogP contribution < -0.4 is 5.32 Å². The number of hydrogen-bond acceptors (Lipinski definition) is 1. The van der Waals surface area contributed by atoms with Gasteiger partial charge in [-0.2, -0.15) is 0 Å². The van der Waals surface area contributed by atoms with Gasteiger partial charge in [0.05, 0.1) is 6.42 Å². The third-order valence-corrected chi connectivity index (χ3v) is 2.91. The largest absolute Gasteiger partial charge is 0.367 e. The monoisotopic (exact) mass is 228 g/mol. The van der Waals surface area contributed by atoms with Gasteiger partial charge in [0.15, 0.2) is 0 Å². The Morgan fingerprint density at radius 1 is 1.29 bits per heavy atom. The molecule has 1 aromatic carbocycles. The van der Waals surface area contributed by atoms with Crippen LogP contribution in [0.2, 0.25) is 0 Å². The zero-order valence-corrected chi connectivity index (χ0v) is 10.1. The Labute approximate surface area is 101 Å². The molecule has 3 heteroatoms. The van der Waals surface area contributed by atoms with Crippen LogP contribution in [0, 0.1) is 13.8 Å². The van der Waals surface area contributed by atoms with Crippen molar-refractivity contribution < 1.29 is 4.79 Å². The van der Waals surface area contributed by atoms with Crippen LogP contribution in [-0.2, 0) is 11.2 Å². The molecule has 1 heterocycles. The summed E-state index contributed by atoms with van der Waals surface area (Å²) >= 11 is 0. The van der Waals surface area contributed by atoms with Gasteiger partial charge in [-0.3, -0.25) is 4.79 Å². The fraction of sp³-hybridized carbons (Fsp3) is 0.214. The average molecular weight is 228 g/mol. The minimum atomic E-state index is 0.0123. The number of rotatable bonds is 3. The molecule has 0 unspecified atom stereocenters. The molecular weight excluding hydrogens is 212 g/mol. The van der Waals surface area contributed by atoms with E-state index in [-0.39, 0.29) is 5.91 Å². The van der Waals surface area contributed by atoms with Crippen molar-refractivity contribution in [3.63, 3.8) is 0 Å². The fourth-order valence-electron chi connectivity index (χ4n) is 1.73. The number of carbonyl (C=O) groups is 1. The lowest BCUT2D eigenvalue weighted by atomic mass is 10.1. The van der Waals surface area contributed by atoms with Crippen molar-refractivity contribution in [3.8, 4) is 0 Å². The lowest BCUT2D eigenvalue weighted by Gasteiger charge is -2.09. The number of hydrogen-bond donors (Lipinski definition) is 2. The van der Waals surface area contributed by atoms with Crippen LogP contribution in [-0.4, -0.2) is 10.9 Å². The van der Waals surface area contributed by atoms with Crippen molar-refractivity contribution in [2.24, 2.45) is 0 Å². The Kier molecular flexibility index (Phi) is 3.28. The van der Waals surface area contributed by atoms with Gasteiger partial charge in [-0.1, -0.05) is 12.1 Å². The van der Waals surface area contributed by atoms with Crippen molar-refractivity contribution in [1.29, 1.82) is 0 Å². The number of aryl methyl sites for hydroxylation is 1. The summed E-state index contributed by atoms with van der Waals surface area (Å²) < 4.78 is 0. The molecule has 1 aromatic heterocycles. The van der Waals surface area contributed by atoms with Crippen LogP contribution >= 0.6 is 0 Å². The van der Waals surface area contributed by atoms with Gasteiger partial charge in [0, 0.05) is 18.1 Å². The Morgan fingerprint density at radius 3 is 2.82 bits per heavy atom. The Morgan fingerprint density at radius 2 is 2.12 bits per heavy atom. The molecule has 1 amide bonds. The van der Waals surface area contributed by atoms with Crippen molar-refractivity contribution in [1.82, 2.24) is 4.98 Å². The summed E-state index contributed by atoms with van der Waals surface area (Å²) in [6.07, 6.45) is 4.06. The van der Waals surface area contributed by atoms with Gasteiger partial charge in [-0.25, -0.2) is 0 Å². The van der Waals surface area contributed by atoms with E-state index < -0.39 is 0 Å². The first-order valence-electron chi connectivity index (χ1n) is 5.64. The molecule has 2 rings (SSSR count). The summed E-state index contributed by atoms with van der Waals surface area (Å²) in [5.41, 5.74) is 4.19. The zero-order valence-electron chi connectivity index (χ0n) is 10.1. The maximum atomic E-state index is 11.8. The van der Waals surface area contributed by atoms with E-state index in [4.69, 9.17) is 0 Å². The SMILES string of the molecule is Cc1cccc(NC(=O)Cc2cc[nH]c2)c1C. The Bertz CT molecular complexity index is 515. The highest BCUT2D eigenvalue weighted by atomic mass is 16.1. The third kappa shape index (κ3) is 2.75. The van der Waals surface area contributed by atoms with E-state index in [9.17, 15) is 4.79 Å². The maximum absolute atomic E-state index is 11.8. The molecule has 0 atom stereocenters. The maximum Gasteiger partial charge on any atom is 0.228 e. The van der Waals surface area contributed by atoms with Crippen LogP contribution in [0.1, 0.15) is 16.7 Å². The summed E-state index contributed by atoms with van der Waals surface area (Å²) in [6, 6.07) is 7.82. The second-order valence-corrected chi connectivity index (χ2v) is 4.19. The van der Waals surface area contributed by atoms with Crippen LogP contribution in [0.25, 0.3) is 0 Å². The van der Waals surface area contributed by atoms with Crippen LogP contribution in [0.5, 0.6) is 0 Å². The van der Waals surface area contributed by atoms with Crippen molar-refractivity contribution in [2.75, 3.05) is 5.32 Å². The summed E-state index contributed by atoms with van der Waals surface area (Å²) in [6.45, 7) is 4.05. The molecule has 0 radical (unpaired) electrons. The molecule has 0 bridgehead atoms. The molecule has 0 fully saturated rings. The summed E-state index contributed by atoms with van der Waals surface area (Å²) in [4.78, 5) is 14.8. The highest BCUT2D eigenvalue weighted by Crippen LogP contribution is 2.18. The minimum absolute atomic E-state index is 0.0123. The first kappa shape index (κ1) is 11.5. The number of anilines is 1. The Hall–Kier alpha value is -2.03. The molecule has 0 saturated carbocycles. The van der Waals surface area contributed by atoms with Gasteiger partial charge in [-0.05, 0) is 42.7 Å². The number of H-pyrrole nitrogens is 1. The molecule has 3 nitrogen and oxygen atoms in total. The topological polar surface area (TPSA) is 44.9 Å². The summed E-state index contributed by atoms with van der Waals surface area (Å²) in [5, 5.41) is 2.94. The van der Waals surface area contributed by atoms with E-state index in [2.05, 4.69) is 10.3 Å². The molecule has 2 N–H and O–H groups in total. The lowest BCUT2D eigenvalue weighted by Crippen LogP contribution is -2.15. The normalized spacial score (nSPS) is 10.2. The number of carbonyl (C=O) groups excluding carboxylic acids is 1. The molecule has 0 aliphatic heterocycles. The van der Waals surface area contributed by atoms with Crippen molar-refractivity contribution >= 4 is 11.6 Å². The molecule has 0 saturated heterocycles. The van der Waals surface area contributed by atoms with Crippen LogP contribution in [0.15, 0.2) is 36.7 Å². The number of benzene rings is 1. The van der Waals surface area contributed by atoms with Gasteiger partial charge in [-0.15, -0.1) is 0 Å². The van der Waals surface area contributed by atoms with Crippen molar-refractivity contribution in [3.05, 3.63) is 53.3 Å². The first-order chi connectivity index (χ1) is 8.16. The van der Waals surface area contributed by atoms with E-state index >= 15 is 0 Å². The van der Waals surface area contributed by atoms with Gasteiger partial charge < -0.3 is 10.3 Å². The third-order valence-electron chi connectivity index (χ3n) is 2.91. The molecule has 0 aliphatic rings. The van der Waals surface area contributed by atoms with E-state index in [0.717, 1.165) is 16.8 Å². The summed E-state index contributed by atoms with van der Waals surface area (Å²) in [5.74, 6) is 0.0123. The zero-order chi connectivity index (χ0) is 12.3. The van der Waals surface area contributed by atoms with Gasteiger partial charge in [0.1, 0.15) is 0 Å². The smallest absolute Gasteiger partial charge is 0.228 e. The van der Waals surface area contributed by atoms with Crippen LogP contribution in [0.4, 0.5) is 5.69 Å². The molecular formula is C14H16N2O. The average Bonchev–Trinajstić information content (AvgIpc) is 2.77. The Balaban J connectivity index is 2.06. The van der Waals surface area contributed by atoms with Gasteiger partial charge >= 0.3 is 0 Å².